The first-order valence-corrected chi connectivity index (χ1v) is 7.22. The lowest BCUT2D eigenvalue weighted by molar-refractivity contribution is 0.400. The van der Waals surface area contributed by atoms with E-state index in [1.807, 2.05) is 6.07 Å². The van der Waals surface area contributed by atoms with E-state index in [4.69, 9.17) is 11.6 Å². The third-order valence-corrected chi connectivity index (χ3v) is 4.92. The number of aromatic nitrogens is 1. The second kappa shape index (κ2) is 4.59. The van der Waals surface area contributed by atoms with E-state index in [2.05, 4.69) is 10.4 Å². The second-order valence-corrected chi connectivity index (χ2v) is 6.51. The van der Waals surface area contributed by atoms with Crippen molar-refractivity contribution >= 4 is 15.7 Å². The average molecular weight is 256 g/mol. The molecule has 0 bridgehead atoms. The molecule has 0 aliphatic carbocycles. The summed E-state index contributed by atoms with van der Waals surface area (Å²) in [5.41, 5.74) is 9.19. The van der Waals surface area contributed by atoms with Gasteiger partial charge in [-0.1, -0.05) is 6.07 Å². The number of nitrogens with two attached hydrogens (primary N) is 2. The summed E-state index contributed by atoms with van der Waals surface area (Å²) in [5.74, 6) is 6.22. The van der Waals surface area contributed by atoms with Crippen LogP contribution in [0.2, 0.25) is 0 Å². The summed E-state index contributed by atoms with van der Waals surface area (Å²) in [5, 5.41) is 0. The lowest BCUT2D eigenvalue weighted by atomic mass is 9.93. The van der Waals surface area contributed by atoms with Crippen LogP contribution in [0.5, 0.6) is 0 Å². The van der Waals surface area contributed by atoms with Gasteiger partial charge in [0.1, 0.15) is 5.82 Å². The number of rotatable bonds is 3. The van der Waals surface area contributed by atoms with E-state index in [0.29, 0.717) is 12.2 Å². The lowest BCUT2D eigenvalue weighted by Crippen LogP contribution is -2.34. The average Bonchev–Trinajstić information content (AvgIpc) is 2.63. The summed E-state index contributed by atoms with van der Waals surface area (Å²) < 4.78 is 22.9. The molecule has 2 heterocycles. The maximum absolute atomic E-state index is 11.5. The van der Waals surface area contributed by atoms with Gasteiger partial charge < -0.3 is 5.73 Å². The predicted molar refractivity (Wildman–Crippen MR) is 65.5 cm³/mol. The van der Waals surface area contributed by atoms with E-state index in [9.17, 15) is 8.42 Å². The molecule has 7 heteroatoms. The van der Waals surface area contributed by atoms with E-state index in [0.717, 1.165) is 5.56 Å². The van der Waals surface area contributed by atoms with E-state index in [1.54, 1.807) is 12.3 Å². The first kappa shape index (κ1) is 12.3. The Morgan fingerprint density at radius 3 is 2.82 bits per heavy atom. The maximum atomic E-state index is 11.5. The van der Waals surface area contributed by atoms with Crippen molar-refractivity contribution in [3.05, 3.63) is 23.9 Å². The van der Waals surface area contributed by atoms with E-state index < -0.39 is 9.84 Å². The fourth-order valence-electron chi connectivity index (χ4n) is 2.26. The van der Waals surface area contributed by atoms with Crippen LogP contribution in [0.4, 0.5) is 5.82 Å². The van der Waals surface area contributed by atoms with Crippen molar-refractivity contribution in [3.8, 4) is 0 Å². The summed E-state index contributed by atoms with van der Waals surface area (Å²) in [6.45, 7) is 0. The molecule has 2 atom stereocenters. The molecule has 1 aromatic rings. The van der Waals surface area contributed by atoms with Gasteiger partial charge in [-0.15, -0.1) is 0 Å². The minimum absolute atomic E-state index is 0.0449. The van der Waals surface area contributed by atoms with Crippen LogP contribution in [0.15, 0.2) is 18.3 Å². The van der Waals surface area contributed by atoms with Crippen molar-refractivity contribution in [2.45, 2.75) is 12.5 Å². The van der Waals surface area contributed by atoms with Crippen LogP contribution in [0, 0.1) is 5.92 Å². The highest BCUT2D eigenvalue weighted by Gasteiger charge is 2.34. The van der Waals surface area contributed by atoms with E-state index >= 15 is 0 Å². The van der Waals surface area contributed by atoms with Gasteiger partial charge in [-0.25, -0.2) is 13.4 Å². The highest BCUT2D eigenvalue weighted by molar-refractivity contribution is 7.91. The van der Waals surface area contributed by atoms with Gasteiger partial charge in [0.05, 0.1) is 17.5 Å². The molecule has 6 nitrogen and oxygen atoms in total. The molecule has 94 valence electrons. The number of nitrogens with zero attached hydrogens (tertiary/aromatic N) is 1. The van der Waals surface area contributed by atoms with Gasteiger partial charge >= 0.3 is 0 Å². The summed E-state index contributed by atoms with van der Waals surface area (Å²) in [7, 11) is -2.93. The zero-order valence-electron chi connectivity index (χ0n) is 9.33. The van der Waals surface area contributed by atoms with Crippen molar-refractivity contribution in [1.82, 2.24) is 10.4 Å². The van der Waals surface area contributed by atoms with Crippen molar-refractivity contribution in [2.24, 2.45) is 11.8 Å². The molecule has 0 amide bonds. The molecule has 1 fully saturated rings. The third-order valence-electron chi connectivity index (χ3n) is 3.12. The smallest absolute Gasteiger partial charge is 0.150 e. The minimum atomic E-state index is -2.93. The Morgan fingerprint density at radius 2 is 2.29 bits per heavy atom. The summed E-state index contributed by atoms with van der Waals surface area (Å²) >= 11 is 0. The molecule has 1 saturated heterocycles. The molecule has 1 aliphatic heterocycles. The number of anilines is 1. The van der Waals surface area contributed by atoms with Crippen LogP contribution in [-0.2, 0) is 9.84 Å². The highest BCUT2D eigenvalue weighted by Crippen LogP contribution is 2.32. The number of hydrogen-bond acceptors (Lipinski definition) is 6. The Kier molecular flexibility index (Phi) is 3.32. The van der Waals surface area contributed by atoms with E-state index in [-0.39, 0.29) is 23.5 Å². The van der Waals surface area contributed by atoms with Crippen molar-refractivity contribution in [2.75, 3.05) is 17.2 Å². The van der Waals surface area contributed by atoms with Gasteiger partial charge in [0, 0.05) is 11.8 Å². The van der Waals surface area contributed by atoms with Gasteiger partial charge in [-0.2, -0.15) is 0 Å². The van der Waals surface area contributed by atoms with Gasteiger partial charge in [0.15, 0.2) is 9.84 Å². The Balaban J connectivity index is 2.26. The maximum Gasteiger partial charge on any atom is 0.150 e. The standard InChI is InChI=1S/C10H16N4O2S/c11-10-8(2-1-4-13-10)9(14-12)7-3-5-17(15,16)6-7/h1-2,4,7,9,14H,3,5-6,12H2,(H2,11,13). The van der Waals surface area contributed by atoms with Crippen LogP contribution in [0.3, 0.4) is 0 Å². The van der Waals surface area contributed by atoms with Crippen LogP contribution >= 0.6 is 0 Å². The van der Waals surface area contributed by atoms with Crippen molar-refractivity contribution in [1.29, 1.82) is 0 Å². The molecule has 2 rings (SSSR count). The fourth-order valence-corrected chi connectivity index (χ4v) is 4.10. The first-order chi connectivity index (χ1) is 8.03. The largest absolute Gasteiger partial charge is 0.383 e. The van der Waals surface area contributed by atoms with Gasteiger partial charge in [0.25, 0.3) is 0 Å². The van der Waals surface area contributed by atoms with Crippen molar-refractivity contribution in [3.63, 3.8) is 0 Å². The SMILES string of the molecule is NNC(c1cccnc1N)C1CCS(=O)(=O)C1. The number of sulfone groups is 1. The zero-order chi connectivity index (χ0) is 12.5. The summed E-state index contributed by atoms with van der Waals surface area (Å²) in [6.07, 6.45) is 2.20. The molecular formula is C10H16N4O2S. The predicted octanol–water partition coefficient (Wildman–Crippen LogP) is -0.397. The topological polar surface area (TPSA) is 111 Å². The van der Waals surface area contributed by atoms with Crippen LogP contribution in [0.25, 0.3) is 0 Å². The molecule has 1 aromatic heterocycles. The molecule has 2 unspecified atom stereocenters. The van der Waals surface area contributed by atoms with Gasteiger partial charge in [0.2, 0.25) is 0 Å². The molecule has 0 spiro atoms. The van der Waals surface area contributed by atoms with Gasteiger partial charge in [-0.05, 0) is 18.4 Å². The number of hydrogen-bond donors (Lipinski definition) is 3. The Labute approximate surface area is 100 Å². The summed E-state index contributed by atoms with van der Waals surface area (Å²) in [6, 6.07) is 3.32. The normalized spacial score (nSPS) is 24.6. The molecule has 1 aliphatic rings. The van der Waals surface area contributed by atoms with Crippen LogP contribution in [-0.4, -0.2) is 24.9 Å². The Morgan fingerprint density at radius 1 is 1.53 bits per heavy atom. The molecule has 0 aromatic carbocycles. The zero-order valence-corrected chi connectivity index (χ0v) is 10.2. The van der Waals surface area contributed by atoms with Crippen LogP contribution < -0.4 is 17.0 Å². The number of nitrogens with one attached hydrogen (secondary N) is 1. The first-order valence-electron chi connectivity index (χ1n) is 5.40. The van der Waals surface area contributed by atoms with Crippen molar-refractivity contribution < 1.29 is 8.42 Å². The Hall–Kier alpha value is -1.18. The van der Waals surface area contributed by atoms with Crippen LogP contribution in [0.1, 0.15) is 18.0 Å². The third kappa shape index (κ3) is 2.56. The quantitative estimate of drug-likeness (QED) is 0.501. The minimum Gasteiger partial charge on any atom is -0.383 e. The lowest BCUT2D eigenvalue weighted by Gasteiger charge is -2.22. The van der Waals surface area contributed by atoms with Gasteiger partial charge in [-0.3, -0.25) is 11.3 Å². The van der Waals surface area contributed by atoms with E-state index in [1.165, 1.54) is 0 Å². The molecule has 5 N–H and O–H groups in total. The fraction of sp³-hybridized carbons (Fsp3) is 0.500. The molecule has 0 saturated carbocycles. The molecule has 0 radical (unpaired) electrons. The number of nitrogen functional groups attached to an aromatic ring is 1. The Bertz CT molecular complexity index is 503. The number of pyridine rings is 1. The highest BCUT2D eigenvalue weighted by atomic mass is 32.2. The summed E-state index contributed by atoms with van der Waals surface area (Å²) in [4.78, 5) is 3.99. The monoisotopic (exact) mass is 256 g/mol. The second-order valence-electron chi connectivity index (χ2n) is 4.29. The molecular weight excluding hydrogens is 240 g/mol. The molecule has 17 heavy (non-hydrogen) atoms. The number of hydrazine groups is 1.